The van der Waals surface area contributed by atoms with Crippen molar-refractivity contribution < 1.29 is 4.79 Å². The van der Waals surface area contributed by atoms with Gasteiger partial charge in [0.1, 0.15) is 0 Å². The molecule has 31 heavy (non-hydrogen) atoms. The summed E-state index contributed by atoms with van der Waals surface area (Å²) in [5.41, 5.74) is 3.30. The van der Waals surface area contributed by atoms with Crippen molar-refractivity contribution in [3.05, 3.63) is 60.4 Å². The number of piperidine rings is 1. The van der Waals surface area contributed by atoms with Gasteiger partial charge >= 0.3 is 0 Å². The van der Waals surface area contributed by atoms with Gasteiger partial charge in [0.25, 0.3) is 5.91 Å². The molecule has 0 bridgehead atoms. The molecule has 2 aliphatic rings. The number of carbonyl (C=O) groups is 1. The standard InChI is InChI=1S/C24H26N4O.2ClH/c29-24(28-12-9-19(10-13-28)26-15-17-7-8-17)21-14-23(18-4-3-11-25-16-18)27-22-6-2-1-5-20(21)22;;/h1-6,11,14,16-17,19,26H,7-10,12-13,15H2;2*1H. The zero-order valence-corrected chi connectivity index (χ0v) is 19.0. The maximum absolute atomic E-state index is 13.4. The highest BCUT2D eigenvalue weighted by Crippen LogP contribution is 2.29. The van der Waals surface area contributed by atoms with E-state index in [0.29, 0.717) is 6.04 Å². The first kappa shape index (κ1) is 23.5. The van der Waals surface area contributed by atoms with Crippen molar-refractivity contribution in [1.29, 1.82) is 0 Å². The number of nitrogens with one attached hydrogen (secondary N) is 1. The van der Waals surface area contributed by atoms with E-state index in [2.05, 4.69) is 10.3 Å². The lowest BCUT2D eigenvalue weighted by atomic mass is 10.0. The van der Waals surface area contributed by atoms with Crippen LogP contribution in [0.4, 0.5) is 0 Å². The lowest BCUT2D eigenvalue weighted by Crippen LogP contribution is -2.45. The van der Waals surface area contributed by atoms with Crippen molar-refractivity contribution in [3.63, 3.8) is 0 Å². The fraction of sp³-hybridized carbons (Fsp3) is 0.375. The Kier molecular flexibility index (Phi) is 7.87. The van der Waals surface area contributed by atoms with Crippen molar-refractivity contribution in [2.45, 2.75) is 31.7 Å². The quantitative estimate of drug-likeness (QED) is 0.599. The average molecular weight is 459 g/mol. The minimum Gasteiger partial charge on any atom is -0.339 e. The molecule has 0 radical (unpaired) electrons. The molecule has 0 unspecified atom stereocenters. The van der Waals surface area contributed by atoms with E-state index in [1.807, 2.05) is 47.4 Å². The zero-order valence-electron chi connectivity index (χ0n) is 17.4. The number of aromatic nitrogens is 2. The Morgan fingerprint density at radius 1 is 1.03 bits per heavy atom. The number of rotatable bonds is 5. The van der Waals surface area contributed by atoms with Crippen LogP contribution in [0.3, 0.4) is 0 Å². The van der Waals surface area contributed by atoms with Gasteiger partial charge in [-0.15, -0.1) is 24.8 Å². The largest absolute Gasteiger partial charge is 0.339 e. The van der Waals surface area contributed by atoms with E-state index in [1.165, 1.54) is 12.8 Å². The van der Waals surface area contributed by atoms with Crippen LogP contribution >= 0.6 is 24.8 Å². The van der Waals surface area contributed by atoms with Crippen molar-refractivity contribution in [2.24, 2.45) is 5.92 Å². The smallest absolute Gasteiger partial charge is 0.254 e. The molecule has 1 saturated heterocycles. The molecule has 2 fully saturated rings. The molecular formula is C24H28Cl2N4O. The molecule has 1 aliphatic carbocycles. The second-order valence-electron chi connectivity index (χ2n) is 8.23. The molecule has 1 aliphatic heterocycles. The average Bonchev–Trinajstić information content (AvgIpc) is 3.62. The highest BCUT2D eigenvalue weighted by atomic mass is 35.5. The number of fused-ring (bicyclic) bond motifs is 1. The van der Waals surface area contributed by atoms with E-state index in [4.69, 9.17) is 4.98 Å². The SMILES string of the molecule is Cl.Cl.O=C(c1cc(-c2cccnc2)nc2ccccc12)N1CCC(NCC2CC2)CC1. The molecule has 1 aromatic carbocycles. The molecular weight excluding hydrogens is 431 g/mol. The first-order valence-electron chi connectivity index (χ1n) is 10.6. The van der Waals surface area contributed by atoms with Crippen LogP contribution in [-0.4, -0.2) is 46.5 Å². The number of halogens is 2. The Labute approximate surface area is 195 Å². The summed E-state index contributed by atoms with van der Waals surface area (Å²) in [6, 6.07) is 14.3. The Balaban J connectivity index is 0.00000136. The summed E-state index contributed by atoms with van der Waals surface area (Å²) < 4.78 is 0. The number of benzene rings is 1. The molecule has 1 amide bonds. The number of hydrogen-bond acceptors (Lipinski definition) is 4. The van der Waals surface area contributed by atoms with Crippen LogP contribution in [-0.2, 0) is 0 Å². The third-order valence-electron chi connectivity index (χ3n) is 6.08. The second kappa shape index (κ2) is 10.4. The van der Waals surface area contributed by atoms with E-state index in [1.54, 1.807) is 12.4 Å². The van der Waals surface area contributed by atoms with Gasteiger partial charge in [0, 0.05) is 42.5 Å². The van der Waals surface area contributed by atoms with Gasteiger partial charge in [-0.3, -0.25) is 9.78 Å². The molecule has 2 aromatic heterocycles. The molecule has 1 N–H and O–H groups in total. The van der Waals surface area contributed by atoms with Gasteiger partial charge in [-0.2, -0.15) is 0 Å². The van der Waals surface area contributed by atoms with Crippen LogP contribution in [0.5, 0.6) is 0 Å². The number of para-hydroxylation sites is 1. The van der Waals surface area contributed by atoms with E-state index in [9.17, 15) is 4.79 Å². The minimum absolute atomic E-state index is 0. The van der Waals surface area contributed by atoms with Crippen LogP contribution < -0.4 is 5.32 Å². The van der Waals surface area contributed by atoms with Gasteiger partial charge in [-0.05, 0) is 62.4 Å². The van der Waals surface area contributed by atoms with Gasteiger partial charge in [-0.25, -0.2) is 4.98 Å². The fourth-order valence-corrected chi connectivity index (χ4v) is 4.13. The molecule has 0 atom stereocenters. The molecule has 5 rings (SSSR count). The van der Waals surface area contributed by atoms with E-state index >= 15 is 0 Å². The van der Waals surface area contributed by atoms with Gasteiger partial charge < -0.3 is 10.2 Å². The van der Waals surface area contributed by atoms with Gasteiger partial charge in [0.15, 0.2) is 0 Å². The van der Waals surface area contributed by atoms with Crippen LogP contribution in [0.1, 0.15) is 36.0 Å². The van der Waals surface area contributed by atoms with E-state index < -0.39 is 0 Å². The molecule has 1 saturated carbocycles. The Morgan fingerprint density at radius 3 is 2.52 bits per heavy atom. The Morgan fingerprint density at radius 2 is 1.81 bits per heavy atom. The van der Waals surface area contributed by atoms with Crippen molar-refractivity contribution in [3.8, 4) is 11.3 Å². The summed E-state index contributed by atoms with van der Waals surface area (Å²) in [6.45, 7) is 2.75. The van der Waals surface area contributed by atoms with Crippen LogP contribution in [0.2, 0.25) is 0 Å². The van der Waals surface area contributed by atoms with Gasteiger partial charge in [0.05, 0.1) is 16.8 Å². The summed E-state index contributed by atoms with van der Waals surface area (Å²) in [5.74, 6) is 0.998. The number of likely N-dealkylation sites (tertiary alicyclic amines) is 1. The molecule has 5 nitrogen and oxygen atoms in total. The van der Waals surface area contributed by atoms with E-state index in [0.717, 1.165) is 66.1 Å². The summed E-state index contributed by atoms with van der Waals surface area (Å²) in [5, 5.41) is 4.60. The number of carbonyl (C=O) groups excluding carboxylic acids is 1. The highest BCUT2D eigenvalue weighted by molar-refractivity contribution is 6.07. The first-order valence-corrected chi connectivity index (χ1v) is 10.6. The third kappa shape index (κ3) is 5.35. The summed E-state index contributed by atoms with van der Waals surface area (Å²) in [4.78, 5) is 24.4. The van der Waals surface area contributed by atoms with Crippen molar-refractivity contribution in [2.75, 3.05) is 19.6 Å². The summed E-state index contributed by atoms with van der Waals surface area (Å²) in [6.07, 6.45) is 8.34. The first-order chi connectivity index (χ1) is 14.3. The fourth-order valence-electron chi connectivity index (χ4n) is 4.13. The monoisotopic (exact) mass is 458 g/mol. The van der Waals surface area contributed by atoms with Crippen LogP contribution in [0.25, 0.3) is 22.2 Å². The van der Waals surface area contributed by atoms with Crippen molar-refractivity contribution in [1.82, 2.24) is 20.2 Å². The highest BCUT2D eigenvalue weighted by Gasteiger charge is 2.27. The molecule has 3 heterocycles. The number of hydrogen-bond donors (Lipinski definition) is 1. The Bertz CT molecular complexity index is 1020. The zero-order chi connectivity index (χ0) is 19.6. The van der Waals surface area contributed by atoms with Gasteiger partial charge in [-0.1, -0.05) is 18.2 Å². The van der Waals surface area contributed by atoms with Gasteiger partial charge in [0.2, 0.25) is 0 Å². The third-order valence-corrected chi connectivity index (χ3v) is 6.08. The molecule has 0 spiro atoms. The maximum atomic E-state index is 13.4. The molecule has 7 heteroatoms. The number of amides is 1. The van der Waals surface area contributed by atoms with Crippen molar-refractivity contribution >= 4 is 41.6 Å². The normalized spacial score (nSPS) is 16.5. The summed E-state index contributed by atoms with van der Waals surface area (Å²) in [7, 11) is 0. The van der Waals surface area contributed by atoms with Crippen LogP contribution in [0.15, 0.2) is 54.9 Å². The predicted molar refractivity (Wildman–Crippen MR) is 129 cm³/mol. The van der Waals surface area contributed by atoms with Crippen LogP contribution in [0, 0.1) is 5.92 Å². The second-order valence-corrected chi connectivity index (χ2v) is 8.23. The van der Waals surface area contributed by atoms with E-state index in [-0.39, 0.29) is 30.7 Å². The minimum atomic E-state index is 0. The Hall–Kier alpha value is -2.21. The topological polar surface area (TPSA) is 58.1 Å². The predicted octanol–water partition coefficient (Wildman–Crippen LogP) is 4.74. The molecule has 3 aromatic rings. The maximum Gasteiger partial charge on any atom is 0.254 e. The number of nitrogens with zero attached hydrogens (tertiary/aromatic N) is 3. The lowest BCUT2D eigenvalue weighted by molar-refractivity contribution is 0.0707. The lowest BCUT2D eigenvalue weighted by Gasteiger charge is -2.33. The number of pyridine rings is 2. The molecule has 164 valence electrons. The summed E-state index contributed by atoms with van der Waals surface area (Å²) >= 11 is 0.